The number of hydrogen-bond acceptors (Lipinski definition) is 4. The zero-order valence-corrected chi connectivity index (χ0v) is 11.0. The predicted molar refractivity (Wildman–Crippen MR) is 72.8 cm³/mol. The van der Waals surface area contributed by atoms with Crippen LogP contribution in [0.3, 0.4) is 0 Å². The normalized spacial score (nSPS) is 10.2. The van der Waals surface area contributed by atoms with Crippen LogP contribution in [-0.4, -0.2) is 21.0 Å². The van der Waals surface area contributed by atoms with Crippen molar-refractivity contribution in [2.75, 3.05) is 5.32 Å². The second-order valence-electron chi connectivity index (χ2n) is 3.95. The summed E-state index contributed by atoms with van der Waals surface area (Å²) in [6.45, 7) is 1.70. The number of hydrogen-bond donors (Lipinski definition) is 2. The molecular formula is C13H12ClN3O2. The average molecular weight is 278 g/mol. The first-order chi connectivity index (χ1) is 9.06. The molecule has 0 radical (unpaired) electrons. The lowest BCUT2D eigenvalue weighted by Crippen LogP contribution is -2.08. The number of para-hydroxylation sites is 1. The van der Waals surface area contributed by atoms with Gasteiger partial charge in [0.2, 0.25) is 0 Å². The number of carboxylic acid groups (broad SMARTS) is 1. The third-order valence-corrected chi connectivity index (χ3v) is 2.75. The fraction of sp³-hybridized carbons (Fsp3) is 0.154. The molecule has 19 heavy (non-hydrogen) atoms. The van der Waals surface area contributed by atoms with Crippen molar-refractivity contribution in [2.45, 2.75) is 13.3 Å². The van der Waals surface area contributed by atoms with Crippen LogP contribution in [0.4, 0.5) is 11.5 Å². The van der Waals surface area contributed by atoms with Crippen LogP contribution in [0.2, 0.25) is 5.15 Å². The van der Waals surface area contributed by atoms with Gasteiger partial charge >= 0.3 is 5.97 Å². The van der Waals surface area contributed by atoms with E-state index in [4.69, 9.17) is 16.7 Å². The number of nitrogens with one attached hydrogen (secondary N) is 1. The SMILES string of the molecule is Cc1nc(Cl)c(CC(=O)O)c(Nc2ccccc2)n1. The van der Waals surface area contributed by atoms with E-state index >= 15 is 0 Å². The lowest BCUT2D eigenvalue weighted by atomic mass is 10.2. The number of carbonyl (C=O) groups is 1. The van der Waals surface area contributed by atoms with Crippen LogP contribution in [0, 0.1) is 6.92 Å². The molecule has 2 rings (SSSR count). The summed E-state index contributed by atoms with van der Waals surface area (Å²) in [7, 11) is 0. The summed E-state index contributed by atoms with van der Waals surface area (Å²) in [6, 6.07) is 9.34. The summed E-state index contributed by atoms with van der Waals surface area (Å²) >= 11 is 5.99. The highest BCUT2D eigenvalue weighted by molar-refractivity contribution is 6.30. The van der Waals surface area contributed by atoms with E-state index in [1.54, 1.807) is 6.92 Å². The molecule has 0 atom stereocenters. The average Bonchev–Trinajstić information content (AvgIpc) is 2.34. The topological polar surface area (TPSA) is 75.1 Å². The third-order valence-electron chi connectivity index (χ3n) is 2.43. The fourth-order valence-corrected chi connectivity index (χ4v) is 1.91. The van der Waals surface area contributed by atoms with Crippen molar-refractivity contribution >= 4 is 29.1 Å². The molecule has 0 amide bonds. The number of nitrogens with zero attached hydrogens (tertiary/aromatic N) is 2. The first-order valence-electron chi connectivity index (χ1n) is 5.63. The van der Waals surface area contributed by atoms with Gasteiger partial charge in [-0.3, -0.25) is 4.79 Å². The van der Waals surface area contributed by atoms with Gasteiger partial charge in [-0.25, -0.2) is 9.97 Å². The largest absolute Gasteiger partial charge is 0.481 e. The van der Waals surface area contributed by atoms with Gasteiger partial charge in [0.15, 0.2) is 0 Å². The third kappa shape index (κ3) is 3.42. The van der Waals surface area contributed by atoms with Crippen LogP contribution in [0.15, 0.2) is 30.3 Å². The van der Waals surface area contributed by atoms with Crippen LogP contribution in [0.1, 0.15) is 11.4 Å². The van der Waals surface area contributed by atoms with Gasteiger partial charge in [0.1, 0.15) is 16.8 Å². The molecule has 1 aromatic carbocycles. The Morgan fingerprint density at radius 1 is 1.32 bits per heavy atom. The molecule has 1 heterocycles. The molecule has 0 aliphatic rings. The number of anilines is 2. The Labute approximate surface area is 115 Å². The molecule has 98 valence electrons. The minimum atomic E-state index is -0.981. The lowest BCUT2D eigenvalue weighted by molar-refractivity contribution is -0.136. The molecule has 1 aromatic heterocycles. The number of rotatable bonds is 4. The summed E-state index contributed by atoms with van der Waals surface area (Å²) in [5.41, 5.74) is 1.19. The molecule has 0 bridgehead atoms. The van der Waals surface area contributed by atoms with Gasteiger partial charge < -0.3 is 10.4 Å². The Kier molecular flexibility index (Phi) is 3.97. The number of carboxylic acids is 1. The molecule has 0 saturated heterocycles. The van der Waals surface area contributed by atoms with Gasteiger partial charge in [-0.15, -0.1) is 0 Å². The summed E-state index contributed by atoms with van der Waals surface area (Å²) < 4.78 is 0. The molecule has 2 N–H and O–H groups in total. The highest BCUT2D eigenvalue weighted by Crippen LogP contribution is 2.24. The van der Waals surface area contributed by atoms with E-state index in [0.717, 1.165) is 5.69 Å². The standard InChI is InChI=1S/C13H12ClN3O2/c1-8-15-12(14)10(7-11(18)19)13(16-8)17-9-5-3-2-4-6-9/h2-6H,7H2,1H3,(H,18,19)(H,15,16,17). The first kappa shape index (κ1) is 13.3. The van der Waals surface area contributed by atoms with Crippen LogP contribution in [-0.2, 0) is 11.2 Å². The smallest absolute Gasteiger partial charge is 0.308 e. The molecule has 0 spiro atoms. The van der Waals surface area contributed by atoms with Crippen LogP contribution < -0.4 is 5.32 Å². The Bertz CT molecular complexity index is 602. The molecule has 0 unspecified atom stereocenters. The van der Waals surface area contributed by atoms with E-state index in [9.17, 15) is 4.79 Å². The molecule has 5 nitrogen and oxygen atoms in total. The molecule has 0 aliphatic carbocycles. The van der Waals surface area contributed by atoms with Crippen molar-refractivity contribution in [1.29, 1.82) is 0 Å². The molecule has 0 saturated carbocycles. The molecule has 0 fully saturated rings. The monoisotopic (exact) mass is 277 g/mol. The van der Waals surface area contributed by atoms with E-state index in [1.165, 1.54) is 0 Å². The van der Waals surface area contributed by atoms with Crippen LogP contribution in [0.5, 0.6) is 0 Å². The minimum absolute atomic E-state index is 0.160. The van der Waals surface area contributed by atoms with Crippen molar-refractivity contribution in [2.24, 2.45) is 0 Å². The first-order valence-corrected chi connectivity index (χ1v) is 6.01. The van der Waals surface area contributed by atoms with Crippen molar-refractivity contribution < 1.29 is 9.90 Å². The van der Waals surface area contributed by atoms with Crippen molar-refractivity contribution in [3.05, 3.63) is 46.9 Å². The quantitative estimate of drug-likeness (QED) is 0.841. The maximum Gasteiger partial charge on any atom is 0.308 e. The van der Waals surface area contributed by atoms with E-state index in [1.807, 2.05) is 30.3 Å². The van der Waals surface area contributed by atoms with Gasteiger partial charge in [-0.1, -0.05) is 29.8 Å². The Morgan fingerprint density at radius 2 is 2.00 bits per heavy atom. The van der Waals surface area contributed by atoms with Crippen molar-refractivity contribution in [3.63, 3.8) is 0 Å². The van der Waals surface area contributed by atoms with E-state index < -0.39 is 5.97 Å². The Morgan fingerprint density at radius 3 is 2.63 bits per heavy atom. The second-order valence-corrected chi connectivity index (χ2v) is 4.31. The highest BCUT2D eigenvalue weighted by atomic mass is 35.5. The van der Waals surface area contributed by atoms with E-state index in [0.29, 0.717) is 17.2 Å². The predicted octanol–water partition coefficient (Wildman–Crippen LogP) is 2.81. The van der Waals surface area contributed by atoms with Gasteiger partial charge in [0.05, 0.1) is 6.42 Å². The Balaban J connectivity index is 2.40. The fourth-order valence-electron chi connectivity index (χ4n) is 1.63. The van der Waals surface area contributed by atoms with Gasteiger partial charge in [-0.05, 0) is 19.1 Å². The molecule has 0 aliphatic heterocycles. The van der Waals surface area contributed by atoms with Crippen LogP contribution >= 0.6 is 11.6 Å². The minimum Gasteiger partial charge on any atom is -0.481 e. The molecule has 2 aromatic rings. The van der Waals surface area contributed by atoms with Gasteiger partial charge in [0.25, 0.3) is 0 Å². The zero-order valence-electron chi connectivity index (χ0n) is 10.2. The number of aromatic nitrogens is 2. The summed E-state index contributed by atoms with van der Waals surface area (Å²) in [4.78, 5) is 19.1. The maximum absolute atomic E-state index is 10.9. The number of halogens is 1. The highest BCUT2D eigenvalue weighted by Gasteiger charge is 2.15. The Hall–Kier alpha value is -2.14. The van der Waals surface area contributed by atoms with Gasteiger partial charge in [0, 0.05) is 11.3 Å². The number of aryl methyl sites for hydroxylation is 1. The molecular weight excluding hydrogens is 266 g/mol. The second kappa shape index (κ2) is 5.67. The van der Waals surface area contributed by atoms with E-state index in [-0.39, 0.29) is 11.6 Å². The lowest BCUT2D eigenvalue weighted by Gasteiger charge is -2.11. The number of aliphatic carboxylic acids is 1. The maximum atomic E-state index is 10.9. The van der Waals surface area contributed by atoms with E-state index in [2.05, 4.69) is 15.3 Å². The summed E-state index contributed by atoms with van der Waals surface area (Å²) in [6.07, 6.45) is -0.228. The number of benzene rings is 1. The van der Waals surface area contributed by atoms with Crippen molar-refractivity contribution in [3.8, 4) is 0 Å². The summed E-state index contributed by atoms with van der Waals surface area (Å²) in [5, 5.41) is 12.1. The van der Waals surface area contributed by atoms with Crippen molar-refractivity contribution in [1.82, 2.24) is 9.97 Å². The zero-order chi connectivity index (χ0) is 13.8. The molecule has 6 heteroatoms. The summed E-state index contributed by atoms with van der Waals surface area (Å²) in [5.74, 6) is -0.0749. The van der Waals surface area contributed by atoms with Gasteiger partial charge in [-0.2, -0.15) is 0 Å². The van der Waals surface area contributed by atoms with Crippen LogP contribution in [0.25, 0.3) is 0 Å².